The Morgan fingerprint density at radius 1 is 1.38 bits per heavy atom. The van der Waals surface area contributed by atoms with Gasteiger partial charge in [0, 0.05) is 7.05 Å². The third-order valence-corrected chi connectivity index (χ3v) is 2.43. The lowest BCUT2D eigenvalue weighted by molar-refractivity contribution is 0.111. The number of rotatable bonds is 3. The molecule has 0 saturated carbocycles. The molecule has 1 aromatic carbocycles. The Morgan fingerprint density at radius 2 is 2.12 bits per heavy atom. The molecule has 0 amide bonds. The Morgan fingerprint density at radius 3 is 2.75 bits per heavy atom. The molecule has 5 nitrogen and oxygen atoms in total. The lowest BCUT2D eigenvalue weighted by atomic mass is 10.3. The molecule has 6 heteroatoms. The summed E-state index contributed by atoms with van der Waals surface area (Å²) in [5, 5.41) is 11.0. The zero-order chi connectivity index (χ0) is 11.5. The van der Waals surface area contributed by atoms with Gasteiger partial charge in [-0.25, -0.2) is 0 Å². The first-order chi connectivity index (χ1) is 7.77. The van der Waals surface area contributed by atoms with Gasteiger partial charge < -0.3 is 5.32 Å². The van der Waals surface area contributed by atoms with Gasteiger partial charge in [-0.05, 0) is 12.1 Å². The van der Waals surface area contributed by atoms with Gasteiger partial charge in [0.1, 0.15) is 0 Å². The van der Waals surface area contributed by atoms with Crippen LogP contribution in [-0.2, 0) is 0 Å². The van der Waals surface area contributed by atoms with E-state index >= 15 is 0 Å². The van der Waals surface area contributed by atoms with Crippen molar-refractivity contribution in [1.82, 2.24) is 14.8 Å². The molecule has 1 heterocycles. The third-order valence-electron chi connectivity index (χ3n) is 2.11. The molecule has 0 spiro atoms. The zero-order valence-corrected chi connectivity index (χ0v) is 9.27. The van der Waals surface area contributed by atoms with Crippen molar-refractivity contribution in [3.8, 4) is 5.69 Å². The highest BCUT2D eigenvalue weighted by atomic mass is 35.5. The Hall–Kier alpha value is -1.88. The molecular formula is C10H9ClN4O. The summed E-state index contributed by atoms with van der Waals surface area (Å²) in [4.78, 5) is 10.8. The minimum absolute atomic E-state index is 0.206. The van der Waals surface area contributed by atoms with E-state index in [-0.39, 0.29) is 5.82 Å². The number of nitrogens with zero attached hydrogens (tertiary/aromatic N) is 3. The summed E-state index contributed by atoms with van der Waals surface area (Å²) in [6.07, 6.45) is 0.636. The van der Waals surface area contributed by atoms with Gasteiger partial charge in [0.05, 0.1) is 10.7 Å². The molecule has 16 heavy (non-hydrogen) atoms. The maximum Gasteiger partial charge on any atom is 0.229 e. The van der Waals surface area contributed by atoms with Crippen LogP contribution in [0, 0.1) is 0 Å². The molecule has 0 aliphatic rings. The van der Waals surface area contributed by atoms with Crippen molar-refractivity contribution in [3.63, 3.8) is 0 Å². The van der Waals surface area contributed by atoms with Gasteiger partial charge in [-0.3, -0.25) is 9.36 Å². The lowest BCUT2D eigenvalue weighted by Crippen LogP contribution is -2.05. The maximum atomic E-state index is 10.8. The van der Waals surface area contributed by atoms with E-state index in [4.69, 9.17) is 11.6 Å². The lowest BCUT2D eigenvalue weighted by Gasteiger charge is -2.08. The van der Waals surface area contributed by atoms with Crippen LogP contribution in [0.2, 0.25) is 5.02 Å². The van der Waals surface area contributed by atoms with Crippen LogP contribution >= 0.6 is 11.6 Å². The highest BCUT2D eigenvalue weighted by Gasteiger charge is 2.13. The summed E-state index contributed by atoms with van der Waals surface area (Å²) in [7, 11) is 1.70. The summed E-state index contributed by atoms with van der Waals surface area (Å²) in [6, 6.07) is 7.18. The third kappa shape index (κ3) is 1.65. The van der Waals surface area contributed by atoms with Gasteiger partial charge in [0.25, 0.3) is 0 Å². The van der Waals surface area contributed by atoms with Crippen LogP contribution in [0.25, 0.3) is 5.69 Å². The Bertz CT molecular complexity index is 523. The fourth-order valence-corrected chi connectivity index (χ4v) is 1.63. The van der Waals surface area contributed by atoms with Crippen molar-refractivity contribution in [2.24, 2.45) is 0 Å². The molecular weight excluding hydrogens is 228 g/mol. The molecule has 0 saturated heterocycles. The van der Waals surface area contributed by atoms with Crippen molar-refractivity contribution in [2.75, 3.05) is 12.4 Å². The van der Waals surface area contributed by atoms with Crippen molar-refractivity contribution in [2.45, 2.75) is 0 Å². The average Bonchev–Trinajstić information content (AvgIpc) is 2.72. The van der Waals surface area contributed by atoms with Gasteiger partial charge in [0.15, 0.2) is 6.29 Å². The molecule has 1 aromatic heterocycles. The Balaban J connectivity index is 2.67. The Kier molecular flexibility index (Phi) is 2.87. The first-order valence-corrected chi connectivity index (χ1v) is 4.99. The number of hydrogen-bond donors (Lipinski definition) is 1. The number of halogens is 1. The van der Waals surface area contributed by atoms with Gasteiger partial charge in [-0.1, -0.05) is 23.7 Å². The normalized spacial score (nSPS) is 10.1. The smallest absolute Gasteiger partial charge is 0.229 e. The zero-order valence-electron chi connectivity index (χ0n) is 8.51. The van der Waals surface area contributed by atoms with E-state index in [0.29, 0.717) is 22.9 Å². The predicted molar refractivity (Wildman–Crippen MR) is 61.3 cm³/mol. The largest absolute Gasteiger partial charge is 0.357 e. The van der Waals surface area contributed by atoms with Crippen molar-refractivity contribution >= 4 is 23.8 Å². The first-order valence-electron chi connectivity index (χ1n) is 4.61. The van der Waals surface area contributed by atoms with Gasteiger partial charge in [-0.2, -0.15) is 0 Å². The summed E-state index contributed by atoms with van der Waals surface area (Å²) in [5.41, 5.74) is 0.667. The number of benzene rings is 1. The van der Waals surface area contributed by atoms with E-state index in [9.17, 15) is 4.79 Å². The van der Waals surface area contributed by atoms with Crippen LogP contribution in [-0.4, -0.2) is 28.1 Å². The van der Waals surface area contributed by atoms with Gasteiger partial charge in [-0.15, -0.1) is 10.2 Å². The monoisotopic (exact) mass is 236 g/mol. The number of aromatic nitrogens is 3. The molecule has 0 aliphatic carbocycles. The second kappa shape index (κ2) is 4.32. The van der Waals surface area contributed by atoms with Crippen molar-refractivity contribution < 1.29 is 4.79 Å². The summed E-state index contributed by atoms with van der Waals surface area (Å²) >= 11 is 6.05. The predicted octanol–water partition coefficient (Wildman–Crippen LogP) is 1.77. The second-order valence-electron chi connectivity index (χ2n) is 3.04. The van der Waals surface area contributed by atoms with E-state index in [0.717, 1.165) is 0 Å². The standard InChI is InChI=1S/C10H9ClN4O/c1-12-10-14-13-9(6-16)15(10)8-5-3-2-4-7(8)11/h2-6H,1H3,(H,12,14). The number of aldehydes is 1. The van der Waals surface area contributed by atoms with Crippen LogP contribution < -0.4 is 5.32 Å². The minimum atomic E-state index is 0.206. The number of anilines is 1. The SMILES string of the molecule is CNc1nnc(C=O)n1-c1ccccc1Cl. The number of nitrogens with one attached hydrogen (secondary N) is 1. The fourth-order valence-electron chi connectivity index (χ4n) is 1.41. The molecule has 0 aliphatic heterocycles. The fraction of sp³-hybridized carbons (Fsp3) is 0.100. The van der Waals surface area contributed by atoms with E-state index in [1.165, 1.54) is 0 Å². The van der Waals surface area contributed by atoms with Crippen LogP contribution in [0.5, 0.6) is 0 Å². The van der Waals surface area contributed by atoms with E-state index in [1.807, 2.05) is 12.1 Å². The Labute approximate surface area is 97.1 Å². The summed E-state index contributed by atoms with van der Waals surface area (Å²) in [5.74, 6) is 0.674. The van der Waals surface area contributed by atoms with Crippen molar-refractivity contribution in [3.05, 3.63) is 35.1 Å². The van der Waals surface area contributed by atoms with Crippen LogP contribution in [0.4, 0.5) is 5.95 Å². The van der Waals surface area contributed by atoms with Crippen LogP contribution in [0.15, 0.2) is 24.3 Å². The average molecular weight is 237 g/mol. The molecule has 0 fully saturated rings. The number of hydrogen-bond acceptors (Lipinski definition) is 4. The number of carbonyl (C=O) groups excluding carboxylic acids is 1. The molecule has 0 atom stereocenters. The van der Waals surface area contributed by atoms with Gasteiger partial charge >= 0.3 is 0 Å². The highest BCUT2D eigenvalue weighted by molar-refractivity contribution is 6.32. The second-order valence-corrected chi connectivity index (χ2v) is 3.44. The topological polar surface area (TPSA) is 59.8 Å². The quantitative estimate of drug-likeness (QED) is 0.826. The molecule has 2 aromatic rings. The molecule has 0 bridgehead atoms. The van der Waals surface area contributed by atoms with Gasteiger partial charge in [0.2, 0.25) is 11.8 Å². The minimum Gasteiger partial charge on any atom is -0.357 e. The first kappa shape index (κ1) is 10.6. The maximum absolute atomic E-state index is 10.8. The number of carbonyl (C=O) groups is 1. The molecule has 82 valence electrons. The van der Waals surface area contributed by atoms with Crippen LogP contribution in [0.3, 0.4) is 0 Å². The van der Waals surface area contributed by atoms with E-state index in [2.05, 4.69) is 15.5 Å². The van der Waals surface area contributed by atoms with E-state index < -0.39 is 0 Å². The molecule has 1 N–H and O–H groups in total. The van der Waals surface area contributed by atoms with Crippen LogP contribution in [0.1, 0.15) is 10.6 Å². The summed E-state index contributed by atoms with van der Waals surface area (Å²) < 4.78 is 1.56. The van der Waals surface area contributed by atoms with Crippen molar-refractivity contribution in [1.29, 1.82) is 0 Å². The number of para-hydroxylation sites is 1. The molecule has 0 unspecified atom stereocenters. The molecule has 0 radical (unpaired) electrons. The van der Waals surface area contributed by atoms with E-state index in [1.54, 1.807) is 23.7 Å². The molecule has 2 rings (SSSR count). The highest BCUT2D eigenvalue weighted by Crippen LogP contribution is 2.23. The summed E-state index contributed by atoms with van der Waals surface area (Å²) in [6.45, 7) is 0.